The van der Waals surface area contributed by atoms with Crippen LogP contribution in [0.1, 0.15) is 0 Å². The summed E-state index contributed by atoms with van der Waals surface area (Å²) in [5.41, 5.74) is 6.88. The number of nitrogen functional groups attached to an aromatic ring is 1. The normalized spacial score (nSPS) is 11.0. The predicted molar refractivity (Wildman–Crippen MR) is 80.6 cm³/mol. The maximum absolute atomic E-state index is 5.61. The fraction of sp³-hybridized carbons (Fsp3) is 0. The zero-order valence-corrected chi connectivity index (χ0v) is 11.5. The highest BCUT2D eigenvalue weighted by Gasteiger charge is 2.15. The zero-order valence-electron chi connectivity index (χ0n) is 10.7. The summed E-state index contributed by atoms with van der Waals surface area (Å²) in [5, 5.41) is 8.30. The number of nitrogens with two attached hydrogens (primary N) is 1. The molecule has 0 amide bonds. The van der Waals surface area contributed by atoms with Crippen LogP contribution in [0.2, 0.25) is 0 Å². The van der Waals surface area contributed by atoms with E-state index in [4.69, 9.17) is 10.3 Å². The van der Waals surface area contributed by atoms with Crippen molar-refractivity contribution in [3.05, 3.63) is 41.9 Å². The first-order valence-corrected chi connectivity index (χ1v) is 7.08. The molecule has 3 heterocycles. The Morgan fingerprint density at radius 2 is 2.00 bits per heavy atom. The van der Waals surface area contributed by atoms with Crippen molar-refractivity contribution >= 4 is 27.2 Å². The van der Waals surface area contributed by atoms with Crippen LogP contribution < -0.4 is 5.73 Å². The molecule has 0 radical (unpaired) electrons. The number of rotatable bonds is 2. The molecule has 0 aliphatic carbocycles. The number of pyridine rings is 1. The Labute approximate surface area is 123 Å². The summed E-state index contributed by atoms with van der Waals surface area (Å²) < 4.78 is 5.25. The molecular weight excluding hydrogens is 286 g/mol. The minimum absolute atomic E-state index is 0.340. The molecule has 0 atom stereocenters. The van der Waals surface area contributed by atoms with Gasteiger partial charge in [0.05, 0.1) is 0 Å². The molecule has 0 aliphatic rings. The van der Waals surface area contributed by atoms with Crippen LogP contribution in [-0.4, -0.2) is 20.1 Å². The third-order valence-electron chi connectivity index (χ3n) is 3.05. The van der Waals surface area contributed by atoms with Gasteiger partial charge in [-0.15, -0.1) is 11.3 Å². The molecule has 0 fully saturated rings. The van der Waals surface area contributed by atoms with Gasteiger partial charge in [0.1, 0.15) is 11.4 Å². The number of hydrogen-bond donors (Lipinski definition) is 1. The molecule has 0 spiro atoms. The van der Waals surface area contributed by atoms with Crippen LogP contribution in [0, 0.1) is 0 Å². The molecule has 0 aliphatic heterocycles. The van der Waals surface area contributed by atoms with E-state index < -0.39 is 0 Å². The van der Waals surface area contributed by atoms with Crippen molar-refractivity contribution in [3.63, 3.8) is 0 Å². The van der Waals surface area contributed by atoms with Crippen LogP contribution >= 0.6 is 11.3 Å². The van der Waals surface area contributed by atoms with E-state index in [0.29, 0.717) is 28.2 Å². The first-order chi connectivity index (χ1) is 10.3. The van der Waals surface area contributed by atoms with E-state index >= 15 is 0 Å². The van der Waals surface area contributed by atoms with Gasteiger partial charge in [0.15, 0.2) is 5.13 Å². The van der Waals surface area contributed by atoms with Crippen LogP contribution in [0.15, 0.2) is 46.4 Å². The van der Waals surface area contributed by atoms with Crippen LogP contribution in [0.4, 0.5) is 5.13 Å². The second-order valence-electron chi connectivity index (χ2n) is 4.37. The van der Waals surface area contributed by atoms with E-state index in [0.717, 1.165) is 10.8 Å². The van der Waals surface area contributed by atoms with Crippen molar-refractivity contribution < 1.29 is 4.52 Å². The van der Waals surface area contributed by atoms with Crippen molar-refractivity contribution in [2.75, 3.05) is 5.73 Å². The molecule has 0 bridgehead atoms. The van der Waals surface area contributed by atoms with Gasteiger partial charge in [-0.2, -0.15) is 4.98 Å². The maximum atomic E-state index is 5.61. The van der Waals surface area contributed by atoms with Crippen LogP contribution in [-0.2, 0) is 0 Å². The summed E-state index contributed by atoms with van der Waals surface area (Å²) in [4.78, 5) is 12.9. The highest BCUT2D eigenvalue weighted by atomic mass is 32.1. The van der Waals surface area contributed by atoms with E-state index in [-0.39, 0.29) is 0 Å². The molecule has 3 aromatic heterocycles. The van der Waals surface area contributed by atoms with E-state index in [1.807, 2.05) is 30.3 Å². The number of benzene rings is 1. The fourth-order valence-electron chi connectivity index (χ4n) is 2.11. The number of nitrogens with zero attached hydrogens (tertiary/aromatic N) is 4. The average Bonchev–Trinajstić information content (AvgIpc) is 3.15. The van der Waals surface area contributed by atoms with Gasteiger partial charge in [-0.3, -0.25) is 4.98 Å². The first kappa shape index (κ1) is 12.0. The van der Waals surface area contributed by atoms with Crippen LogP contribution in [0.3, 0.4) is 0 Å². The van der Waals surface area contributed by atoms with Crippen molar-refractivity contribution in [2.24, 2.45) is 0 Å². The Bertz CT molecular complexity index is 924. The van der Waals surface area contributed by atoms with E-state index in [1.54, 1.807) is 11.6 Å². The van der Waals surface area contributed by atoms with Gasteiger partial charge < -0.3 is 10.3 Å². The monoisotopic (exact) mass is 295 g/mol. The summed E-state index contributed by atoms with van der Waals surface area (Å²) in [6.45, 7) is 0. The zero-order chi connectivity index (χ0) is 14.2. The van der Waals surface area contributed by atoms with Crippen molar-refractivity contribution in [2.45, 2.75) is 0 Å². The molecule has 0 saturated carbocycles. The Morgan fingerprint density at radius 3 is 2.86 bits per heavy atom. The number of anilines is 1. The molecule has 1 aromatic carbocycles. The molecule has 4 aromatic rings. The molecule has 7 heteroatoms. The summed E-state index contributed by atoms with van der Waals surface area (Å²) in [6.07, 6.45) is 1.73. The summed E-state index contributed by atoms with van der Waals surface area (Å²) in [5.74, 6) is 0.779. The molecule has 2 N–H and O–H groups in total. The Kier molecular flexibility index (Phi) is 2.65. The second-order valence-corrected chi connectivity index (χ2v) is 5.26. The average molecular weight is 295 g/mol. The van der Waals surface area contributed by atoms with Crippen molar-refractivity contribution in [1.29, 1.82) is 0 Å². The van der Waals surface area contributed by atoms with Crippen LogP contribution in [0.5, 0.6) is 0 Å². The summed E-state index contributed by atoms with van der Waals surface area (Å²) in [7, 11) is 0. The van der Waals surface area contributed by atoms with Gasteiger partial charge in [0.25, 0.3) is 5.89 Å². The Balaban J connectivity index is 1.85. The van der Waals surface area contributed by atoms with Crippen molar-refractivity contribution in [1.82, 2.24) is 20.1 Å². The number of aromatic nitrogens is 4. The highest BCUT2D eigenvalue weighted by Crippen LogP contribution is 2.27. The summed E-state index contributed by atoms with van der Waals surface area (Å²) >= 11 is 1.33. The predicted octanol–water partition coefficient (Wildman–Crippen LogP) is 2.99. The molecular formula is C14H9N5OS. The molecule has 21 heavy (non-hydrogen) atoms. The SMILES string of the molecule is Nc1nc(-c2nc(-c3nccc4ccccc34)no2)cs1. The summed E-state index contributed by atoms with van der Waals surface area (Å²) in [6, 6.07) is 9.87. The smallest absolute Gasteiger partial charge is 0.277 e. The van der Waals surface area contributed by atoms with E-state index in [1.165, 1.54) is 11.3 Å². The van der Waals surface area contributed by atoms with Gasteiger partial charge in [-0.25, -0.2) is 4.98 Å². The lowest BCUT2D eigenvalue weighted by Crippen LogP contribution is -1.88. The Morgan fingerprint density at radius 1 is 1.10 bits per heavy atom. The minimum atomic E-state index is 0.340. The van der Waals surface area contributed by atoms with Crippen molar-refractivity contribution in [3.8, 4) is 23.1 Å². The highest BCUT2D eigenvalue weighted by molar-refractivity contribution is 7.13. The van der Waals surface area contributed by atoms with Gasteiger partial charge in [-0.05, 0) is 11.5 Å². The lowest BCUT2D eigenvalue weighted by Gasteiger charge is -2.00. The van der Waals surface area contributed by atoms with E-state index in [2.05, 4.69) is 20.1 Å². The lowest BCUT2D eigenvalue weighted by molar-refractivity contribution is 0.431. The third-order valence-corrected chi connectivity index (χ3v) is 3.73. The van der Waals surface area contributed by atoms with Crippen LogP contribution in [0.25, 0.3) is 33.9 Å². The first-order valence-electron chi connectivity index (χ1n) is 6.20. The lowest BCUT2D eigenvalue weighted by atomic mass is 10.1. The molecule has 0 unspecified atom stereocenters. The fourth-order valence-corrected chi connectivity index (χ4v) is 2.64. The quantitative estimate of drug-likeness (QED) is 0.611. The second kappa shape index (κ2) is 4.64. The molecule has 6 nitrogen and oxygen atoms in total. The molecule has 0 saturated heterocycles. The maximum Gasteiger partial charge on any atom is 0.277 e. The minimum Gasteiger partial charge on any atom is -0.375 e. The number of thiazole rings is 1. The van der Waals surface area contributed by atoms with Gasteiger partial charge in [-0.1, -0.05) is 29.4 Å². The number of hydrogen-bond acceptors (Lipinski definition) is 7. The molecule has 4 rings (SSSR count). The molecule has 102 valence electrons. The number of fused-ring (bicyclic) bond motifs is 1. The van der Waals surface area contributed by atoms with Gasteiger partial charge in [0, 0.05) is 17.0 Å². The van der Waals surface area contributed by atoms with E-state index in [9.17, 15) is 0 Å². The topological polar surface area (TPSA) is 90.7 Å². The van der Waals surface area contributed by atoms with Gasteiger partial charge >= 0.3 is 0 Å². The Hall–Kier alpha value is -2.80. The standard InChI is InChI=1S/C14H9N5OS/c15-14-17-10(7-21-14)13-18-12(19-20-13)11-9-4-2-1-3-8(9)5-6-16-11/h1-7H,(H2,15,17). The third kappa shape index (κ3) is 2.03. The van der Waals surface area contributed by atoms with Gasteiger partial charge in [0.2, 0.25) is 5.82 Å². The largest absolute Gasteiger partial charge is 0.375 e.